The van der Waals surface area contributed by atoms with E-state index in [9.17, 15) is 0 Å². The molecule has 134 valence electrons. The number of hydrogen-bond donors (Lipinski definition) is 0. The highest BCUT2D eigenvalue weighted by molar-refractivity contribution is 6.67. The van der Waals surface area contributed by atoms with Gasteiger partial charge in [0.2, 0.25) is 0 Å². The normalized spacial score (nSPS) is 14.3. The summed E-state index contributed by atoms with van der Waals surface area (Å²) in [5.41, 5.74) is 0.186. The Morgan fingerprint density at radius 3 is 1.77 bits per heavy atom. The highest BCUT2D eigenvalue weighted by Crippen LogP contribution is 2.29. The van der Waals surface area contributed by atoms with Crippen LogP contribution >= 0.6 is 0 Å². The minimum atomic E-state index is -2.00. The van der Waals surface area contributed by atoms with Gasteiger partial charge in [0.25, 0.3) is 0 Å². The molecule has 0 saturated carbocycles. The minimum absolute atomic E-state index is 0.186. The lowest BCUT2D eigenvalue weighted by molar-refractivity contribution is 0.0517. The molecule has 0 N–H and O–H groups in total. The Labute approximate surface area is 141 Å². The average molecular weight is 331 g/mol. The summed E-state index contributed by atoms with van der Waals surface area (Å²) >= 11 is 0. The molecule has 0 aliphatic rings. The van der Waals surface area contributed by atoms with Crippen LogP contribution in [-0.4, -0.2) is 21.3 Å². The van der Waals surface area contributed by atoms with Crippen LogP contribution < -0.4 is 0 Å². The molecule has 0 aliphatic heterocycles. The number of rotatable bonds is 13. The van der Waals surface area contributed by atoms with Crippen molar-refractivity contribution in [3.8, 4) is 0 Å². The second kappa shape index (κ2) is 11.6. The molecule has 1 atom stereocenters. The first-order chi connectivity index (χ1) is 10.3. The lowest BCUT2D eigenvalue weighted by Gasteiger charge is -2.37. The molecule has 0 radical (unpaired) electrons. The van der Waals surface area contributed by atoms with Gasteiger partial charge in [0.15, 0.2) is 0 Å². The van der Waals surface area contributed by atoms with Gasteiger partial charge in [-0.2, -0.15) is 0 Å². The quantitative estimate of drug-likeness (QED) is 0.277. The summed E-state index contributed by atoms with van der Waals surface area (Å²) in [4.78, 5) is 0. The highest BCUT2D eigenvalue weighted by Gasteiger charge is 2.38. The van der Waals surface area contributed by atoms with Crippen molar-refractivity contribution in [3.05, 3.63) is 0 Å². The first-order valence-electron chi connectivity index (χ1n) is 9.63. The van der Waals surface area contributed by atoms with E-state index in [1.54, 1.807) is 0 Å². The van der Waals surface area contributed by atoms with E-state index < -0.39 is 8.56 Å². The molecule has 0 spiro atoms. The molecule has 0 aliphatic carbocycles. The summed E-state index contributed by atoms with van der Waals surface area (Å²) in [6.45, 7) is 16.6. The lowest BCUT2D eigenvalue weighted by atomic mass is 9.91. The smallest absolute Gasteiger partial charge is 0.337 e. The van der Waals surface area contributed by atoms with Crippen molar-refractivity contribution in [3.63, 3.8) is 0 Å². The second-order valence-corrected chi connectivity index (χ2v) is 11.5. The zero-order valence-electron chi connectivity index (χ0n) is 16.5. The van der Waals surface area contributed by atoms with Crippen molar-refractivity contribution in [2.75, 3.05) is 6.61 Å². The first-order valence-corrected chi connectivity index (χ1v) is 11.9. The molecule has 0 rings (SSSR count). The van der Waals surface area contributed by atoms with E-state index in [0.717, 1.165) is 18.7 Å². The summed E-state index contributed by atoms with van der Waals surface area (Å²) in [6.07, 6.45) is 9.60. The summed E-state index contributed by atoms with van der Waals surface area (Å²) in [6, 6.07) is 2.11. The summed E-state index contributed by atoms with van der Waals surface area (Å²) in [7, 11) is -2.00. The predicted molar refractivity (Wildman–Crippen MR) is 101 cm³/mol. The van der Waals surface area contributed by atoms with Gasteiger partial charge in [-0.25, -0.2) is 0 Å². The van der Waals surface area contributed by atoms with Crippen molar-refractivity contribution >= 4 is 8.56 Å². The molecule has 0 aromatic heterocycles. The molecule has 0 heterocycles. The molecule has 0 amide bonds. The Bertz CT molecular complexity index is 257. The van der Waals surface area contributed by atoms with E-state index >= 15 is 0 Å². The van der Waals surface area contributed by atoms with E-state index in [1.807, 2.05) is 0 Å². The predicted octanol–water partition coefficient (Wildman–Crippen LogP) is 6.69. The molecular weight excluding hydrogens is 288 g/mol. The number of unbranched alkanes of at least 4 members (excludes halogenated alkanes) is 6. The van der Waals surface area contributed by atoms with Crippen LogP contribution in [0, 0.1) is 5.41 Å². The van der Waals surface area contributed by atoms with Gasteiger partial charge in [0.05, 0.1) is 0 Å². The van der Waals surface area contributed by atoms with Gasteiger partial charge in [-0.05, 0) is 30.8 Å². The van der Waals surface area contributed by atoms with E-state index in [1.165, 1.54) is 44.9 Å². The Hall–Kier alpha value is 0.137. The van der Waals surface area contributed by atoms with Gasteiger partial charge in [0, 0.05) is 12.7 Å². The molecule has 0 saturated heterocycles. The van der Waals surface area contributed by atoms with E-state index in [2.05, 4.69) is 48.5 Å². The standard InChI is InChI=1S/C19H42O2Si/c1-8-11-12-13-14-15-16-17-20-22(9-2,10-3)21-18(4)19(5,6)7/h18H,8-17H2,1-7H3. The summed E-state index contributed by atoms with van der Waals surface area (Å²) in [5.74, 6) is 0. The monoisotopic (exact) mass is 330 g/mol. The van der Waals surface area contributed by atoms with E-state index in [4.69, 9.17) is 8.85 Å². The van der Waals surface area contributed by atoms with Crippen LogP contribution in [0.25, 0.3) is 0 Å². The van der Waals surface area contributed by atoms with Crippen LogP contribution in [-0.2, 0) is 8.85 Å². The first kappa shape index (κ1) is 22.1. The van der Waals surface area contributed by atoms with Crippen molar-refractivity contribution in [2.24, 2.45) is 5.41 Å². The zero-order valence-corrected chi connectivity index (χ0v) is 17.5. The SMILES string of the molecule is CCCCCCCCCO[Si](CC)(CC)OC(C)C(C)(C)C. The fourth-order valence-corrected chi connectivity index (χ4v) is 5.29. The van der Waals surface area contributed by atoms with Gasteiger partial charge >= 0.3 is 8.56 Å². The fourth-order valence-electron chi connectivity index (χ4n) is 2.47. The molecule has 0 bridgehead atoms. The summed E-state index contributed by atoms with van der Waals surface area (Å²) in [5, 5.41) is 0. The Balaban J connectivity index is 4.08. The van der Waals surface area contributed by atoms with Crippen LogP contribution in [0.3, 0.4) is 0 Å². The zero-order chi connectivity index (χ0) is 17.1. The number of hydrogen-bond acceptors (Lipinski definition) is 2. The van der Waals surface area contributed by atoms with Crippen LogP contribution in [0.1, 0.15) is 93.4 Å². The summed E-state index contributed by atoms with van der Waals surface area (Å²) < 4.78 is 12.8. The second-order valence-electron chi connectivity index (χ2n) is 7.71. The molecule has 1 unspecified atom stereocenters. The van der Waals surface area contributed by atoms with Crippen molar-refractivity contribution < 1.29 is 8.85 Å². The largest absolute Gasteiger partial charge is 0.394 e. The molecule has 2 nitrogen and oxygen atoms in total. The molecule has 0 fully saturated rings. The third-order valence-electron chi connectivity index (χ3n) is 4.80. The van der Waals surface area contributed by atoms with E-state index in [-0.39, 0.29) is 11.5 Å². The van der Waals surface area contributed by atoms with Crippen molar-refractivity contribution in [1.29, 1.82) is 0 Å². The maximum atomic E-state index is 6.48. The van der Waals surface area contributed by atoms with Gasteiger partial charge in [0.1, 0.15) is 0 Å². The Kier molecular flexibility index (Phi) is 11.7. The third kappa shape index (κ3) is 9.31. The van der Waals surface area contributed by atoms with Crippen molar-refractivity contribution in [2.45, 2.75) is 112 Å². The topological polar surface area (TPSA) is 18.5 Å². The molecule has 0 aromatic rings. The minimum Gasteiger partial charge on any atom is -0.394 e. The van der Waals surface area contributed by atoms with Crippen LogP contribution in [0.4, 0.5) is 0 Å². The van der Waals surface area contributed by atoms with Crippen LogP contribution in [0.15, 0.2) is 0 Å². The third-order valence-corrected chi connectivity index (χ3v) is 8.47. The van der Waals surface area contributed by atoms with Gasteiger partial charge in [-0.15, -0.1) is 0 Å². The Morgan fingerprint density at radius 1 is 0.818 bits per heavy atom. The Morgan fingerprint density at radius 2 is 1.32 bits per heavy atom. The molecular formula is C19H42O2Si. The maximum absolute atomic E-state index is 6.48. The van der Waals surface area contributed by atoms with Crippen LogP contribution in [0.2, 0.25) is 12.1 Å². The van der Waals surface area contributed by atoms with E-state index in [0.29, 0.717) is 0 Å². The fraction of sp³-hybridized carbons (Fsp3) is 1.00. The van der Waals surface area contributed by atoms with Crippen molar-refractivity contribution in [1.82, 2.24) is 0 Å². The highest BCUT2D eigenvalue weighted by atomic mass is 28.4. The molecule has 0 aromatic carbocycles. The van der Waals surface area contributed by atoms with Gasteiger partial charge in [-0.3, -0.25) is 0 Å². The molecule has 3 heteroatoms. The van der Waals surface area contributed by atoms with Gasteiger partial charge in [-0.1, -0.05) is 80.1 Å². The van der Waals surface area contributed by atoms with Crippen LogP contribution in [0.5, 0.6) is 0 Å². The molecule has 22 heavy (non-hydrogen) atoms. The lowest BCUT2D eigenvalue weighted by Crippen LogP contribution is -2.46. The maximum Gasteiger partial charge on any atom is 0.337 e. The average Bonchev–Trinajstić information content (AvgIpc) is 2.47. The van der Waals surface area contributed by atoms with Gasteiger partial charge < -0.3 is 8.85 Å².